The normalized spacial score (nSPS) is 14.5. The molecule has 3 rings (SSSR count). The molecule has 0 amide bonds. The first-order chi connectivity index (χ1) is 10.3. The molecule has 0 aliphatic heterocycles. The summed E-state index contributed by atoms with van der Waals surface area (Å²) in [5, 5.41) is 0. The minimum Gasteiger partial charge on any atom is -0.385 e. The van der Waals surface area contributed by atoms with Crippen LogP contribution in [0.1, 0.15) is 40.3 Å². The number of halogens is 1. The maximum Gasteiger partial charge on any atom is 0.206 e. The highest BCUT2D eigenvalue weighted by Gasteiger charge is 2.35. The SMILES string of the molecule is CC1=C(C)C(=O)c2c(c(C)c(N)n2-c2ccc(F)cc2)C1=O. The Hall–Kier alpha value is -2.69. The van der Waals surface area contributed by atoms with Crippen LogP contribution < -0.4 is 5.73 Å². The molecule has 1 aromatic carbocycles. The van der Waals surface area contributed by atoms with Crippen molar-refractivity contribution < 1.29 is 14.0 Å². The van der Waals surface area contributed by atoms with Crippen molar-refractivity contribution in [3.05, 3.63) is 58.0 Å². The molecule has 0 saturated heterocycles. The highest BCUT2D eigenvalue weighted by Crippen LogP contribution is 2.35. The van der Waals surface area contributed by atoms with Crippen LogP contribution in [-0.4, -0.2) is 16.1 Å². The van der Waals surface area contributed by atoms with Gasteiger partial charge in [-0.1, -0.05) is 0 Å². The molecule has 1 aliphatic rings. The summed E-state index contributed by atoms with van der Waals surface area (Å²) in [6.07, 6.45) is 0. The Labute approximate surface area is 127 Å². The number of nitrogens with two attached hydrogens (primary N) is 1. The molecule has 2 aromatic rings. The van der Waals surface area contributed by atoms with E-state index in [1.807, 2.05) is 0 Å². The number of ketones is 2. The summed E-state index contributed by atoms with van der Waals surface area (Å²) < 4.78 is 14.7. The fourth-order valence-corrected chi connectivity index (χ4v) is 2.76. The Morgan fingerprint density at radius 2 is 1.50 bits per heavy atom. The van der Waals surface area contributed by atoms with E-state index < -0.39 is 0 Å². The van der Waals surface area contributed by atoms with Crippen LogP contribution in [-0.2, 0) is 0 Å². The second-order valence-corrected chi connectivity index (χ2v) is 5.45. The number of hydrogen-bond donors (Lipinski definition) is 1. The van der Waals surface area contributed by atoms with Crippen LogP contribution in [0, 0.1) is 12.7 Å². The summed E-state index contributed by atoms with van der Waals surface area (Å²) in [6.45, 7) is 4.99. The fraction of sp³-hybridized carbons (Fsp3) is 0.176. The number of anilines is 1. The Bertz CT molecular complexity index is 858. The number of nitrogens with zero attached hydrogens (tertiary/aromatic N) is 1. The molecule has 4 nitrogen and oxygen atoms in total. The number of carbonyl (C=O) groups excluding carboxylic acids is 2. The second kappa shape index (κ2) is 4.66. The Morgan fingerprint density at radius 1 is 0.955 bits per heavy atom. The predicted octanol–water partition coefficient (Wildman–Crippen LogP) is 3.22. The van der Waals surface area contributed by atoms with E-state index in [0.29, 0.717) is 33.8 Å². The average molecular weight is 298 g/mol. The zero-order valence-corrected chi connectivity index (χ0v) is 12.5. The van der Waals surface area contributed by atoms with Gasteiger partial charge in [0.2, 0.25) is 5.78 Å². The van der Waals surface area contributed by atoms with Gasteiger partial charge in [0.05, 0.1) is 5.56 Å². The third-order valence-corrected chi connectivity index (χ3v) is 4.23. The topological polar surface area (TPSA) is 65.1 Å². The molecular weight excluding hydrogens is 283 g/mol. The highest BCUT2D eigenvalue weighted by atomic mass is 19.1. The Kier molecular flexibility index (Phi) is 3.02. The van der Waals surface area contributed by atoms with Crippen LogP contribution in [0.5, 0.6) is 0 Å². The lowest BCUT2D eigenvalue weighted by Gasteiger charge is -2.17. The third-order valence-electron chi connectivity index (χ3n) is 4.23. The van der Waals surface area contributed by atoms with Crippen molar-refractivity contribution in [2.45, 2.75) is 20.8 Å². The maximum absolute atomic E-state index is 13.1. The van der Waals surface area contributed by atoms with Gasteiger partial charge in [0.25, 0.3) is 0 Å². The first-order valence-corrected chi connectivity index (χ1v) is 6.88. The molecule has 1 heterocycles. The molecule has 0 atom stereocenters. The van der Waals surface area contributed by atoms with Gasteiger partial charge in [-0.25, -0.2) is 4.39 Å². The molecule has 0 saturated carbocycles. The van der Waals surface area contributed by atoms with E-state index in [1.165, 1.54) is 28.8 Å². The van der Waals surface area contributed by atoms with Gasteiger partial charge in [-0.15, -0.1) is 0 Å². The molecule has 0 bridgehead atoms. The van der Waals surface area contributed by atoms with Crippen molar-refractivity contribution in [3.8, 4) is 5.69 Å². The van der Waals surface area contributed by atoms with Crippen LogP contribution in [0.15, 0.2) is 35.4 Å². The Balaban J connectivity index is 2.36. The number of carbonyl (C=O) groups is 2. The molecular formula is C17H15FN2O2. The average Bonchev–Trinajstić information content (AvgIpc) is 2.76. The van der Waals surface area contributed by atoms with E-state index in [2.05, 4.69) is 0 Å². The number of Topliss-reactive ketones (excluding diaryl/α,β-unsaturated/α-hetero) is 2. The van der Waals surface area contributed by atoms with E-state index in [1.54, 1.807) is 20.8 Å². The molecule has 2 N–H and O–H groups in total. The number of fused-ring (bicyclic) bond motifs is 1. The minimum atomic E-state index is -0.380. The van der Waals surface area contributed by atoms with Crippen molar-refractivity contribution in [1.82, 2.24) is 4.57 Å². The predicted molar refractivity (Wildman–Crippen MR) is 81.9 cm³/mol. The smallest absolute Gasteiger partial charge is 0.206 e. The van der Waals surface area contributed by atoms with Gasteiger partial charge in [-0.2, -0.15) is 0 Å². The quantitative estimate of drug-likeness (QED) is 0.879. The van der Waals surface area contributed by atoms with E-state index in [-0.39, 0.29) is 23.1 Å². The highest BCUT2D eigenvalue weighted by molar-refractivity contribution is 6.27. The molecule has 0 fully saturated rings. The third kappa shape index (κ3) is 1.75. The van der Waals surface area contributed by atoms with E-state index in [0.717, 1.165) is 0 Å². The molecule has 5 heteroatoms. The number of rotatable bonds is 1. The molecule has 0 spiro atoms. The lowest BCUT2D eigenvalue weighted by molar-refractivity contribution is 0.0970. The van der Waals surface area contributed by atoms with E-state index in [4.69, 9.17) is 5.73 Å². The van der Waals surface area contributed by atoms with Crippen LogP contribution in [0.25, 0.3) is 5.69 Å². The van der Waals surface area contributed by atoms with Crippen molar-refractivity contribution in [2.24, 2.45) is 0 Å². The van der Waals surface area contributed by atoms with Crippen LogP contribution in [0.4, 0.5) is 10.2 Å². The zero-order valence-electron chi connectivity index (χ0n) is 12.5. The van der Waals surface area contributed by atoms with Gasteiger partial charge < -0.3 is 5.73 Å². The van der Waals surface area contributed by atoms with E-state index in [9.17, 15) is 14.0 Å². The number of benzene rings is 1. The monoisotopic (exact) mass is 298 g/mol. The molecule has 1 aliphatic carbocycles. The fourth-order valence-electron chi connectivity index (χ4n) is 2.76. The van der Waals surface area contributed by atoms with Crippen molar-refractivity contribution >= 4 is 17.4 Å². The van der Waals surface area contributed by atoms with Crippen LogP contribution in [0.2, 0.25) is 0 Å². The van der Waals surface area contributed by atoms with Gasteiger partial charge in [-0.3, -0.25) is 14.2 Å². The van der Waals surface area contributed by atoms with Gasteiger partial charge in [0.1, 0.15) is 17.3 Å². The summed E-state index contributed by atoms with van der Waals surface area (Å²) in [6, 6.07) is 5.65. The zero-order chi connectivity index (χ0) is 16.2. The lowest BCUT2D eigenvalue weighted by atomic mass is 9.88. The van der Waals surface area contributed by atoms with Crippen molar-refractivity contribution in [2.75, 3.05) is 5.73 Å². The Morgan fingerprint density at radius 3 is 2.09 bits per heavy atom. The van der Waals surface area contributed by atoms with E-state index >= 15 is 0 Å². The molecule has 22 heavy (non-hydrogen) atoms. The van der Waals surface area contributed by atoms with Gasteiger partial charge in [0.15, 0.2) is 5.78 Å². The number of allylic oxidation sites excluding steroid dienone is 2. The summed E-state index contributed by atoms with van der Waals surface area (Å²) in [5.41, 5.74) is 8.70. The summed E-state index contributed by atoms with van der Waals surface area (Å²) in [7, 11) is 0. The number of nitrogen functional groups attached to an aromatic ring is 1. The second-order valence-electron chi connectivity index (χ2n) is 5.45. The van der Waals surface area contributed by atoms with Gasteiger partial charge in [0, 0.05) is 22.4 Å². The molecule has 1 aromatic heterocycles. The molecule has 0 radical (unpaired) electrons. The first-order valence-electron chi connectivity index (χ1n) is 6.88. The summed E-state index contributed by atoms with van der Waals surface area (Å²) in [4.78, 5) is 25.1. The van der Waals surface area contributed by atoms with Crippen molar-refractivity contribution in [3.63, 3.8) is 0 Å². The lowest BCUT2D eigenvalue weighted by Crippen LogP contribution is -2.21. The molecule has 112 valence electrons. The summed E-state index contributed by atoms with van der Waals surface area (Å²) in [5.74, 6) is -0.469. The standard InChI is InChI=1S/C17H15FN2O2/c1-8-9(2)16(22)14-13(15(8)21)10(3)17(19)20(14)12-6-4-11(18)5-7-12/h4-7H,19H2,1-3H3. The van der Waals surface area contributed by atoms with Gasteiger partial charge in [-0.05, 0) is 45.0 Å². The van der Waals surface area contributed by atoms with Crippen LogP contribution in [0.3, 0.4) is 0 Å². The minimum absolute atomic E-state index is 0.183. The van der Waals surface area contributed by atoms with Crippen molar-refractivity contribution in [1.29, 1.82) is 0 Å². The van der Waals surface area contributed by atoms with Crippen LogP contribution >= 0.6 is 0 Å². The van der Waals surface area contributed by atoms with Gasteiger partial charge >= 0.3 is 0 Å². The molecule has 0 unspecified atom stereocenters. The number of hydrogen-bond acceptors (Lipinski definition) is 3. The summed E-state index contributed by atoms with van der Waals surface area (Å²) >= 11 is 0. The maximum atomic E-state index is 13.1. The first kappa shape index (κ1) is 14.3. The largest absolute Gasteiger partial charge is 0.385 e. The number of aromatic nitrogens is 1.